The molecule has 1 heterocycles. The van der Waals surface area contributed by atoms with E-state index in [2.05, 4.69) is 0 Å². The molecule has 3 rings (SSSR count). The van der Waals surface area contributed by atoms with Crippen molar-refractivity contribution >= 4 is 23.2 Å². The summed E-state index contributed by atoms with van der Waals surface area (Å²) in [5.74, 6) is 0.836. The smallest absolute Gasteiger partial charge is 0.195 e. The Morgan fingerprint density at radius 3 is 2.58 bits per heavy atom. The molecule has 120 valence electrons. The molecule has 0 saturated heterocycles. The Morgan fingerprint density at radius 2 is 1.83 bits per heavy atom. The van der Waals surface area contributed by atoms with Crippen LogP contribution in [0.1, 0.15) is 20.8 Å². The SMILES string of the molecule is COc1cccc(-c2ccc(C(=O)/C=C/c3ccc(C)cc3)s2)c1. The molecule has 0 bridgehead atoms. The molecule has 0 aliphatic rings. The second-order valence-corrected chi connectivity index (χ2v) is 6.59. The third-order valence-corrected chi connectivity index (χ3v) is 4.86. The van der Waals surface area contributed by atoms with Crippen LogP contribution in [0.2, 0.25) is 0 Å². The van der Waals surface area contributed by atoms with Gasteiger partial charge in [0.25, 0.3) is 0 Å². The number of aryl methyl sites for hydroxylation is 1. The van der Waals surface area contributed by atoms with Gasteiger partial charge >= 0.3 is 0 Å². The molecule has 0 fully saturated rings. The van der Waals surface area contributed by atoms with Crippen molar-refractivity contribution in [1.29, 1.82) is 0 Å². The molecule has 0 aliphatic carbocycles. The third kappa shape index (κ3) is 3.81. The molecule has 0 saturated carbocycles. The fourth-order valence-corrected chi connectivity index (χ4v) is 3.26. The van der Waals surface area contributed by atoms with Crippen molar-refractivity contribution in [3.8, 4) is 16.2 Å². The number of benzene rings is 2. The van der Waals surface area contributed by atoms with Crippen LogP contribution in [0.25, 0.3) is 16.5 Å². The summed E-state index contributed by atoms with van der Waals surface area (Å²) in [6.07, 6.45) is 3.48. The number of ketones is 1. The highest BCUT2D eigenvalue weighted by atomic mass is 32.1. The van der Waals surface area contributed by atoms with E-state index in [9.17, 15) is 4.79 Å². The summed E-state index contributed by atoms with van der Waals surface area (Å²) in [6, 6.07) is 19.8. The quantitative estimate of drug-likeness (QED) is 0.446. The first-order chi connectivity index (χ1) is 11.7. The van der Waals surface area contributed by atoms with Gasteiger partial charge in [0, 0.05) is 4.88 Å². The lowest BCUT2D eigenvalue weighted by Crippen LogP contribution is -1.88. The zero-order valence-electron chi connectivity index (χ0n) is 13.7. The molecular weight excluding hydrogens is 316 g/mol. The van der Waals surface area contributed by atoms with Gasteiger partial charge in [-0.05, 0) is 48.4 Å². The van der Waals surface area contributed by atoms with Gasteiger partial charge < -0.3 is 4.74 Å². The van der Waals surface area contributed by atoms with Gasteiger partial charge in [0.2, 0.25) is 0 Å². The maximum absolute atomic E-state index is 12.4. The van der Waals surface area contributed by atoms with E-state index in [4.69, 9.17) is 4.74 Å². The van der Waals surface area contributed by atoms with Crippen LogP contribution in [0.15, 0.2) is 66.7 Å². The number of ether oxygens (including phenoxy) is 1. The predicted octanol–water partition coefficient (Wildman–Crippen LogP) is 5.63. The number of allylic oxidation sites excluding steroid dienone is 1. The Kier molecular flexibility index (Phi) is 4.92. The van der Waals surface area contributed by atoms with Crippen LogP contribution in [-0.2, 0) is 0 Å². The maximum atomic E-state index is 12.4. The first-order valence-corrected chi connectivity index (χ1v) is 8.51. The summed E-state index contributed by atoms with van der Waals surface area (Å²) in [7, 11) is 1.65. The van der Waals surface area contributed by atoms with Crippen LogP contribution in [0.5, 0.6) is 5.75 Å². The fourth-order valence-electron chi connectivity index (χ4n) is 2.33. The number of hydrogen-bond acceptors (Lipinski definition) is 3. The molecule has 0 N–H and O–H groups in total. The van der Waals surface area contributed by atoms with E-state index in [0.717, 1.165) is 26.6 Å². The molecule has 3 heteroatoms. The van der Waals surface area contributed by atoms with E-state index in [-0.39, 0.29) is 5.78 Å². The van der Waals surface area contributed by atoms with E-state index in [0.29, 0.717) is 0 Å². The second kappa shape index (κ2) is 7.28. The first-order valence-electron chi connectivity index (χ1n) is 7.69. The Hall–Kier alpha value is -2.65. The number of rotatable bonds is 5. The maximum Gasteiger partial charge on any atom is 0.195 e. The highest BCUT2D eigenvalue weighted by molar-refractivity contribution is 7.17. The topological polar surface area (TPSA) is 26.3 Å². The Morgan fingerprint density at radius 1 is 1.04 bits per heavy atom. The zero-order chi connectivity index (χ0) is 16.9. The van der Waals surface area contributed by atoms with E-state index in [1.165, 1.54) is 16.9 Å². The predicted molar refractivity (Wildman–Crippen MR) is 101 cm³/mol. The number of methoxy groups -OCH3 is 1. The van der Waals surface area contributed by atoms with Gasteiger partial charge in [-0.15, -0.1) is 11.3 Å². The Labute approximate surface area is 146 Å². The lowest BCUT2D eigenvalue weighted by atomic mass is 10.1. The van der Waals surface area contributed by atoms with E-state index in [1.807, 2.05) is 73.7 Å². The molecule has 0 radical (unpaired) electrons. The normalized spacial score (nSPS) is 10.9. The van der Waals surface area contributed by atoms with Crippen molar-refractivity contribution in [2.24, 2.45) is 0 Å². The minimum absolute atomic E-state index is 0.0229. The molecule has 0 atom stereocenters. The lowest BCUT2D eigenvalue weighted by Gasteiger charge is -2.01. The van der Waals surface area contributed by atoms with Gasteiger partial charge in [0.15, 0.2) is 5.78 Å². The van der Waals surface area contributed by atoms with Crippen molar-refractivity contribution in [3.05, 3.63) is 82.7 Å². The summed E-state index contributed by atoms with van der Waals surface area (Å²) in [5.41, 5.74) is 3.29. The molecule has 0 aliphatic heterocycles. The van der Waals surface area contributed by atoms with Crippen molar-refractivity contribution in [3.63, 3.8) is 0 Å². The number of thiophene rings is 1. The van der Waals surface area contributed by atoms with E-state index < -0.39 is 0 Å². The van der Waals surface area contributed by atoms with Crippen molar-refractivity contribution < 1.29 is 9.53 Å². The van der Waals surface area contributed by atoms with Crippen molar-refractivity contribution in [1.82, 2.24) is 0 Å². The van der Waals surface area contributed by atoms with Crippen LogP contribution in [-0.4, -0.2) is 12.9 Å². The summed E-state index contributed by atoms with van der Waals surface area (Å²) < 4.78 is 5.25. The van der Waals surface area contributed by atoms with Gasteiger partial charge in [-0.25, -0.2) is 0 Å². The Balaban J connectivity index is 1.77. The van der Waals surface area contributed by atoms with Gasteiger partial charge in [0.1, 0.15) is 5.75 Å². The average Bonchev–Trinajstić information content (AvgIpc) is 3.11. The highest BCUT2D eigenvalue weighted by Gasteiger charge is 2.08. The van der Waals surface area contributed by atoms with Crippen LogP contribution < -0.4 is 4.74 Å². The van der Waals surface area contributed by atoms with Crippen LogP contribution >= 0.6 is 11.3 Å². The van der Waals surface area contributed by atoms with Gasteiger partial charge in [-0.3, -0.25) is 4.79 Å². The second-order valence-electron chi connectivity index (χ2n) is 5.50. The summed E-state index contributed by atoms with van der Waals surface area (Å²) in [6.45, 7) is 2.05. The van der Waals surface area contributed by atoms with Gasteiger partial charge in [-0.2, -0.15) is 0 Å². The van der Waals surface area contributed by atoms with Gasteiger partial charge in [-0.1, -0.05) is 48.0 Å². The minimum Gasteiger partial charge on any atom is -0.497 e. The molecule has 1 aromatic heterocycles. The molecule has 3 aromatic rings. The number of carbonyl (C=O) groups is 1. The van der Waals surface area contributed by atoms with Crippen LogP contribution in [0.3, 0.4) is 0 Å². The molecule has 2 aromatic carbocycles. The van der Waals surface area contributed by atoms with E-state index in [1.54, 1.807) is 13.2 Å². The highest BCUT2D eigenvalue weighted by Crippen LogP contribution is 2.30. The molecule has 0 unspecified atom stereocenters. The number of hydrogen-bond donors (Lipinski definition) is 0. The standard InChI is InChI=1S/C21H18O2S/c1-15-6-8-16(9-7-15)10-11-19(22)21-13-12-20(24-21)17-4-3-5-18(14-17)23-2/h3-14H,1-2H3/b11-10+. The van der Waals surface area contributed by atoms with Crippen molar-refractivity contribution in [2.75, 3.05) is 7.11 Å². The summed E-state index contributed by atoms with van der Waals surface area (Å²) in [4.78, 5) is 14.1. The fraction of sp³-hybridized carbons (Fsp3) is 0.0952. The monoisotopic (exact) mass is 334 g/mol. The summed E-state index contributed by atoms with van der Waals surface area (Å²) >= 11 is 1.49. The summed E-state index contributed by atoms with van der Waals surface area (Å²) in [5, 5.41) is 0. The Bertz CT molecular complexity index is 873. The molecule has 0 spiro atoms. The first kappa shape index (κ1) is 16.2. The van der Waals surface area contributed by atoms with E-state index >= 15 is 0 Å². The van der Waals surface area contributed by atoms with Gasteiger partial charge in [0.05, 0.1) is 12.0 Å². The lowest BCUT2D eigenvalue weighted by molar-refractivity contribution is 0.105. The van der Waals surface area contributed by atoms with Crippen LogP contribution in [0, 0.1) is 6.92 Å². The van der Waals surface area contributed by atoms with Crippen molar-refractivity contribution in [2.45, 2.75) is 6.92 Å². The molecule has 0 amide bonds. The third-order valence-electron chi connectivity index (χ3n) is 3.71. The number of carbonyl (C=O) groups excluding carboxylic acids is 1. The largest absolute Gasteiger partial charge is 0.497 e. The molecule has 2 nitrogen and oxygen atoms in total. The molecule has 24 heavy (non-hydrogen) atoms. The zero-order valence-corrected chi connectivity index (χ0v) is 14.5. The minimum atomic E-state index is 0.0229. The molecular formula is C21H18O2S. The van der Waals surface area contributed by atoms with Crippen LogP contribution in [0.4, 0.5) is 0 Å². The average molecular weight is 334 g/mol.